The van der Waals surface area contributed by atoms with Crippen molar-refractivity contribution >= 4 is 17.7 Å². The van der Waals surface area contributed by atoms with Gasteiger partial charge in [0.05, 0.1) is 18.7 Å². The van der Waals surface area contributed by atoms with E-state index in [1.807, 2.05) is 57.2 Å². The van der Waals surface area contributed by atoms with E-state index in [0.29, 0.717) is 11.6 Å². The quantitative estimate of drug-likeness (QED) is 0.402. The maximum atomic E-state index is 13.5. The van der Waals surface area contributed by atoms with Crippen LogP contribution in [0.2, 0.25) is 0 Å². The molecule has 0 saturated carbocycles. The van der Waals surface area contributed by atoms with Gasteiger partial charge in [0.1, 0.15) is 11.6 Å². The normalized spacial score (nSPS) is 12.7. The molecule has 0 aliphatic heterocycles. The number of rotatable bonds is 7. The number of nitrogen functional groups attached to an aromatic ring is 1. The third-order valence-electron chi connectivity index (χ3n) is 6.40. The van der Waals surface area contributed by atoms with Gasteiger partial charge in [0.25, 0.3) is 0 Å². The number of ether oxygens (including phenoxy) is 1. The zero-order chi connectivity index (χ0) is 25.0. The molecular weight excluding hydrogens is 440 g/mol. The first-order valence-electron chi connectivity index (χ1n) is 11.3. The monoisotopic (exact) mass is 468 g/mol. The van der Waals surface area contributed by atoms with Crippen LogP contribution in [0.5, 0.6) is 5.75 Å². The summed E-state index contributed by atoms with van der Waals surface area (Å²) in [5, 5.41) is 2.99. The Morgan fingerprint density at radius 3 is 2.14 bits per heavy atom. The lowest BCUT2D eigenvalue weighted by atomic mass is 9.72. The SMILES string of the molecule is COc1cncc(-c2ccc(NC(=O)C(C)(c3ccc(-c4cnc(N)nc4)cc3)C(C)C)nc2)c1. The molecule has 0 aliphatic rings. The van der Waals surface area contributed by atoms with Gasteiger partial charge in [-0.1, -0.05) is 38.1 Å². The van der Waals surface area contributed by atoms with Gasteiger partial charge in [0.2, 0.25) is 11.9 Å². The molecule has 1 unspecified atom stereocenters. The second kappa shape index (κ2) is 9.89. The van der Waals surface area contributed by atoms with Crippen LogP contribution >= 0.6 is 0 Å². The molecule has 35 heavy (non-hydrogen) atoms. The summed E-state index contributed by atoms with van der Waals surface area (Å²) in [4.78, 5) is 30.2. The molecule has 3 heterocycles. The molecule has 0 radical (unpaired) electrons. The van der Waals surface area contributed by atoms with Crippen LogP contribution in [0.25, 0.3) is 22.3 Å². The van der Waals surface area contributed by atoms with E-state index in [1.54, 1.807) is 44.2 Å². The molecule has 0 saturated heterocycles. The molecule has 3 N–H and O–H groups in total. The van der Waals surface area contributed by atoms with Gasteiger partial charge in [-0.3, -0.25) is 9.78 Å². The molecule has 1 aromatic carbocycles. The van der Waals surface area contributed by atoms with Crippen LogP contribution in [0.4, 0.5) is 11.8 Å². The van der Waals surface area contributed by atoms with E-state index in [9.17, 15) is 4.79 Å². The molecule has 8 nitrogen and oxygen atoms in total. The number of hydrogen-bond acceptors (Lipinski definition) is 7. The van der Waals surface area contributed by atoms with Gasteiger partial charge in [-0.2, -0.15) is 0 Å². The minimum Gasteiger partial charge on any atom is -0.495 e. The first-order chi connectivity index (χ1) is 16.8. The van der Waals surface area contributed by atoms with Crippen molar-refractivity contribution in [1.29, 1.82) is 0 Å². The lowest BCUT2D eigenvalue weighted by Crippen LogP contribution is -2.42. The molecule has 0 spiro atoms. The molecule has 0 aliphatic carbocycles. The average molecular weight is 469 g/mol. The van der Waals surface area contributed by atoms with E-state index in [1.165, 1.54) is 0 Å². The second-order valence-corrected chi connectivity index (χ2v) is 8.76. The van der Waals surface area contributed by atoms with Crippen LogP contribution in [0, 0.1) is 5.92 Å². The molecule has 1 atom stereocenters. The predicted octanol–water partition coefficient (Wildman–Crippen LogP) is 4.74. The van der Waals surface area contributed by atoms with Crippen LogP contribution < -0.4 is 15.8 Å². The summed E-state index contributed by atoms with van der Waals surface area (Å²) in [5.41, 5.74) is 9.29. The number of anilines is 2. The third kappa shape index (κ3) is 4.96. The molecule has 0 fully saturated rings. The van der Waals surface area contributed by atoms with Crippen molar-refractivity contribution in [3.8, 4) is 28.0 Å². The average Bonchev–Trinajstić information content (AvgIpc) is 2.89. The van der Waals surface area contributed by atoms with E-state index in [2.05, 4.69) is 25.3 Å². The highest BCUT2D eigenvalue weighted by Crippen LogP contribution is 2.35. The number of methoxy groups -OCH3 is 1. The maximum absolute atomic E-state index is 13.5. The summed E-state index contributed by atoms with van der Waals surface area (Å²) in [7, 11) is 1.60. The van der Waals surface area contributed by atoms with Crippen LogP contribution in [0.3, 0.4) is 0 Å². The molecule has 4 rings (SSSR count). The lowest BCUT2D eigenvalue weighted by molar-refractivity contribution is -0.122. The summed E-state index contributed by atoms with van der Waals surface area (Å²) in [5.74, 6) is 1.30. The Morgan fingerprint density at radius 2 is 1.54 bits per heavy atom. The van der Waals surface area contributed by atoms with Crippen molar-refractivity contribution in [2.45, 2.75) is 26.2 Å². The molecule has 4 aromatic rings. The summed E-state index contributed by atoms with van der Waals surface area (Å²) in [6.45, 7) is 6.02. The first kappa shape index (κ1) is 23.8. The van der Waals surface area contributed by atoms with Crippen molar-refractivity contribution < 1.29 is 9.53 Å². The number of nitrogens with two attached hydrogens (primary N) is 1. The maximum Gasteiger partial charge on any atom is 0.236 e. The summed E-state index contributed by atoms with van der Waals surface area (Å²) >= 11 is 0. The Kier molecular flexibility index (Phi) is 6.73. The molecule has 178 valence electrons. The number of benzene rings is 1. The Balaban J connectivity index is 1.54. The molecule has 8 heteroatoms. The van der Waals surface area contributed by atoms with Gasteiger partial charge in [0, 0.05) is 41.5 Å². The standard InChI is InChI=1S/C27H28N6O2/c1-17(2)27(3,22-8-5-18(6-9-22)21-14-31-26(28)32-15-21)25(34)33-24-10-7-19(13-30-24)20-11-23(35-4)16-29-12-20/h5-17H,1-4H3,(H2,28,31,32)(H,30,33,34). The largest absolute Gasteiger partial charge is 0.495 e. The Morgan fingerprint density at radius 1 is 0.886 bits per heavy atom. The van der Waals surface area contributed by atoms with Crippen LogP contribution in [-0.4, -0.2) is 33.0 Å². The van der Waals surface area contributed by atoms with Crippen molar-refractivity contribution in [2.24, 2.45) is 5.92 Å². The highest BCUT2D eigenvalue weighted by atomic mass is 16.5. The van der Waals surface area contributed by atoms with Crippen LogP contribution in [0.15, 0.2) is 73.4 Å². The molecule has 1 amide bonds. The fraction of sp³-hybridized carbons (Fsp3) is 0.222. The van der Waals surface area contributed by atoms with E-state index >= 15 is 0 Å². The molecule has 3 aromatic heterocycles. The van der Waals surface area contributed by atoms with E-state index < -0.39 is 5.41 Å². The van der Waals surface area contributed by atoms with Gasteiger partial charge in [0.15, 0.2) is 0 Å². The number of pyridine rings is 2. The van der Waals surface area contributed by atoms with Gasteiger partial charge in [-0.05, 0) is 42.2 Å². The smallest absolute Gasteiger partial charge is 0.236 e. The highest BCUT2D eigenvalue weighted by Gasteiger charge is 2.38. The van der Waals surface area contributed by atoms with Crippen molar-refractivity contribution in [3.63, 3.8) is 0 Å². The number of hydrogen-bond donors (Lipinski definition) is 2. The number of carbonyl (C=O) groups excluding carboxylic acids is 1. The van der Waals surface area contributed by atoms with E-state index in [-0.39, 0.29) is 17.8 Å². The topological polar surface area (TPSA) is 116 Å². The Bertz CT molecular complexity index is 1310. The molecular formula is C27H28N6O2. The highest BCUT2D eigenvalue weighted by molar-refractivity contribution is 5.98. The minimum absolute atomic E-state index is 0.0374. The number of nitrogens with zero attached hydrogens (tertiary/aromatic N) is 4. The predicted molar refractivity (Wildman–Crippen MR) is 137 cm³/mol. The lowest BCUT2D eigenvalue weighted by Gasteiger charge is -2.33. The number of carbonyl (C=O) groups is 1. The van der Waals surface area contributed by atoms with Crippen LogP contribution in [-0.2, 0) is 10.2 Å². The number of amides is 1. The van der Waals surface area contributed by atoms with Gasteiger partial charge < -0.3 is 15.8 Å². The third-order valence-corrected chi connectivity index (χ3v) is 6.40. The van der Waals surface area contributed by atoms with Gasteiger partial charge in [-0.25, -0.2) is 15.0 Å². The molecule has 0 bridgehead atoms. The Labute approximate surface area is 204 Å². The summed E-state index contributed by atoms with van der Waals surface area (Å²) in [6.07, 6.45) is 8.47. The zero-order valence-electron chi connectivity index (χ0n) is 20.2. The van der Waals surface area contributed by atoms with E-state index in [4.69, 9.17) is 10.5 Å². The number of nitrogens with one attached hydrogen (secondary N) is 1. The second-order valence-electron chi connectivity index (χ2n) is 8.76. The minimum atomic E-state index is -0.771. The van der Waals surface area contributed by atoms with Gasteiger partial charge >= 0.3 is 0 Å². The fourth-order valence-corrected chi connectivity index (χ4v) is 3.80. The van der Waals surface area contributed by atoms with Crippen molar-refractivity contribution in [3.05, 3.63) is 79.0 Å². The Hall–Kier alpha value is -4.33. The van der Waals surface area contributed by atoms with Crippen LogP contribution in [0.1, 0.15) is 26.3 Å². The van der Waals surface area contributed by atoms with E-state index in [0.717, 1.165) is 27.8 Å². The zero-order valence-corrected chi connectivity index (χ0v) is 20.2. The van der Waals surface area contributed by atoms with Crippen molar-refractivity contribution in [1.82, 2.24) is 19.9 Å². The first-order valence-corrected chi connectivity index (χ1v) is 11.3. The number of aromatic nitrogens is 4. The summed E-state index contributed by atoms with van der Waals surface area (Å²) < 4.78 is 5.24. The van der Waals surface area contributed by atoms with Crippen molar-refractivity contribution in [2.75, 3.05) is 18.2 Å². The van der Waals surface area contributed by atoms with Gasteiger partial charge in [-0.15, -0.1) is 0 Å². The summed E-state index contributed by atoms with van der Waals surface area (Å²) in [6, 6.07) is 13.4. The fourth-order valence-electron chi connectivity index (χ4n) is 3.80.